The van der Waals surface area contributed by atoms with Crippen LogP contribution in [0.1, 0.15) is 44.2 Å². The largest absolute Gasteiger partial charge is 0.309 e. The van der Waals surface area contributed by atoms with Gasteiger partial charge in [-0.3, -0.25) is 4.99 Å². The minimum absolute atomic E-state index is 0.0652. The summed E-state index contributed by atoms with van der Waals surface area (Å²) in [6.45, 7) is 6.92. The Morgan fingerprint density at radius 3 is 1.94 bits per heavy atom. The SMILES string of the molecule is CC(C)(C)c1cc2ccc3c(-c4ccc(C5C=NC=CC5)cc4)cc(-c4ccc5c(c4)c4ccccc4n5-c4ccccc4)c4ccc(c1)c2c34. The number of hydrogen-bond acceptors (Lipinski definition) is 1. The van der Waals surface area contributed by atoms with Gasteiger partial charge in [-0.15, -0.1) is 0 Å². The maximum absolute atomic E-state index is 4.42. The lowest BCUT2D eigenvalue weighted by Crippen LogP contribution is -2.10. The highest BCUT2D eigenvalue weighted by atomic mass is 15.0. The van der Waals surface area contributed by atoms with Gasteiger partial charge in [0.1, 0.15) is 0 Å². The number of benzene rings is 8. The lowest BCUT2D eigenvalue weighted by atomic mass is 9.81. The van der Waals surface area contributed by atoms with Crippen molar-refractivity contribution in [2.24, 2.45) is 4.99 Å². The molecule has 2 heterocycles. The van der Waals surface area contributed by atoms with Crippen LogP contribution in [-0.4, -0.2) is 10.8 Å². The third-order valence-corrected chi connectivity index (χ3v) is 11.1. The van der Waals surface area contributed by atoms with E-state index in [1.807, 2.05) is 6.20 Å². The molecule has 244 valence electrons. The van der Waals surface area contributed by atoms with E-state index in [1.165, 1.54) is 93.2 Å². The molecule has 1 aromatic heterocycles. The highest BCUT2D eigenvalue weighted by molar-refractivity contribution is 6.28. The summed E-state index contributed by atoms with van der Waals surface area (Å²) >= 11 is 0. The molecule has 1 aliphatic rings. The number of fused-ring (bicyclic) bond motifs is 3. The molecule has 8 aromatic carbocycles. The average molecular weight is 655 g/mol. The first-order chi connectivity index (χ1) is 24.9. The van der Waals surface area contributed by atoms with Gasteiger partial charge in [0, 0.05) is 34.8 Å². The van der Waals surface area contributed by atoms with E-state index < -0.39 is 0 Å². The van der Waals surface area contributed by atoms with E-state index in [0.717, 1.165) is 6.42 Å². The lowest BCUT2D eigenvalue weighted by molar-refractivity contribution is 0.591. The molecule has 0 fully saturated rings. The molecule has 0 saturated carbocycles. The standard InChI is InChI=1S/C49H38N2/c1-49(2,3)37-26-34-19-22-40-42(32-17-15-31(16-18-32)36-10-9-25-50-30-36)29-43(41-23-20-35(27-37)47(34)48(40)41)33-21-24-46-44(28-33)39-13-7-8-14-45(39)51(46)38-11-5-4-6-12-38/h4-9,11-30,36H,10H2,1-3H3. The topological polar surface area (TPSA) is 17.3 Å². The summed E-state index contributed by atoms with van der Waals surface area (Å²) in [5.41, 5.74) is 11.3. The molecule has 2 nitrogen and oxygen atoms in total. The molecule has 1 unspecified atom stereocenters. The molecule has 0 saturated heterocycles. The lowest BCUT2D eigenvalue weighted by Gasteiger charge is -2.23. The second-order valence-electron chi connectivity index (χ2n) is 15.2. The highest BCUT2D eigenvalue weighted by Gasteiger charge is 2.21. The zero-order chi connectivity index (χ0) is 34.3. The summed E-state index contributed by atoms with van der Waals surface area (Å²) in [5.74, 6) is 0.322. The second kappa shape index (κ2) is 11.3. The summed E-state index contributed by atoms with van der Waals surface area (Å²) < 4.78 is 2.39. The van der Waals surface area contributed by atoms with Gasteiger partial charge in [0.2, 0.25) is 0 Å². The Labute approximate surface area is 298 Å². The van der Waals surface area contributed by atoms with Crippen molar-refractivity contribution in [1.82, 2.24) is 4.57 Å². The highest BCUT2D eigenvalue weighted by Crippen LogP contribution is 2.46. The van der Waals surface area contributed by atoms with Crippen molar-refractivity contribution in [3.05, 3.63) is 163 Å². The molecule has 2 heteroatoms. The van der Waals surface area contributed by atoms with Gasteiger partial charge in [0.15, 0.2) is 0 Å². The Morgan fingerprint density at radius 1 is 0.569 bits per heavy atom. The molecule has 0 aliphatic carbocycles. The van der Waals surface area contributed by atoms with Crippen molar-refractivity contribution in [2.45, 2.75) is 38.5 Å². The fourth-order valence-corrected chi connectivity index (χ4v) is 8.44. The van der Waals surface area contributed by atoms with E-state index in [2.05, 4.69) is 182 Å². The Hall–Kier alpha value is -5.99. The number of allylic oxidation sites excluding steroid dienone is 1. The fraction of sp³-hybridized carbons (Fsp3) is 0.122. The van der Waals surface area contributed by atoms with Crippen molar-refractivity contribution in [1.29, 1.82) is 0 Å². The minimum atomic E-state index is 0.0652. The van der Waals surface area contributed by atoms with Gasteiger partial charge < -0.3 is 4.57 Å². The zero-order valence-corrected chi connectivity index (χ0v) is 29.2. The molecular weight excluding hydrogens is 617 g/mol. The number of aromatic nitrogens is 1. The van der Waals surface area contributed by atoms with Crippen LogP contribution >= 0.6 is 0 Å². The molecule has 0 amide bonds. The molecule has 0 bridgehead atoms. The van der Waals surface area contributed by atoms with Crippen molar-refractivity contribution in [3.8, 4) is 27.9 Å². The summed E-state index contributed by atoms with van der Waals surface area (Å²) in [5, 5.41) is 10.4. The number of rotatable bonds is 4. The van der Waals surface area contributed by atoms with Crippen LogP contribution in [0.25, 0.3) is 82.1 Å². The molecule has 0 radical (unpaired) electrons. The van der Waals surface area contributed by atoms with Crippen LogP contribution in [0.15, 0.2) is 157 Å². The molecule has 1 atom stereocenters. The van der Waals surface area contributed by atoms with Crippen LogP contribution in [-0.2, 0) is 5.41 Å². The van der Waals surface area contributed by atoms with Gasteiger partial charge in [-0.25, -0.2) is 0 Å². The Morgan fingerprint density at radius 2 is 1.24 bits per heavy atom. The molecular formula is C49H38N2. The summed E-state index contributed by atoms with van der Waals surface area (Å²) in [4.78, 5) is 4.42. The minimum Gasteiger partial charge on any atom is -0.309 e. The fourth-order valence-electron chi connectivity index (χ4n) is 8.44. The predicted molar refractivity (Wildman–Crippen MR) is 219 cm³/mol. The van der Waals surface area contributed by atoms with Gasteiger partial charge >= 0.3 is 0 Å². The maximum Gasteiger partial charge on any atom is 0.0541 e. The van der Waals surface area contributed by atoms with Crippen LogP contribution < -0.4 is 0 Å². The maximum atomic E-state index is 4.42. The first-order valence-corrected chi connectivity index (χ1v) is 18.1. The predicted octanol–water partition coefficient (Wildman–Crippen LogP) is 13.4. The number of hydrogen-bond donors (Lipinski definition) is 0. The molecule has 10 rings (SSSR count). The third-order valence-electron chi connectivity index (χ3n) is 11.1. The van der Waals surface area contributed by atoms with Crippen molar-refractivity contribution >= 4 is 60.3 Å². The molecule has 0 spiro atoms. The zero-order valence-electron chi connectivity index (χ0n) is 29.2. The molecule has 1 aliphatic heterocycles. The summed E-state index contributed by atoms with van der Waals surface area (Å²) in [6.07, 6.45) is 7.12. The van der Waals surface area contributed by atoms with Gasteiger partial charge in [0.05, 0.1) is 11.0 Å². The molecule has 51 heavy (non-hydrogen) atoms. The summed E-state index contributed by atoms with van der Waals surface area (Å²) in [6, 6.07) is 52.5. The molecule has 9 aromatic rings. The Kier molecular flexibility index (Phi) is 6.60. The Bertz CT molecular complexity index is 2820. The monoisotopic (exact) mass is 654 g/mol. The van der Waals surface area contributed by atoms with E-state index in [0.29, 0.717) is 5.92 Å². The quantitative estimate of drug-likeness (QED) is 0.168. The van der Waals surface area contributed by atoms with Crippen LogP contribution in [0.3, 0.4) is 0 Å². The van der Waals surface area contributed by atoms with Gasteiger partial charge in [-0.2, -0.15) is 0 Å². The first-order valence-electron chi connectivity index (χ1n) is 18.1. The van der Waals surface area contributed by atoms with Crippen molar-refractivity contribution in [2.75, 3.05) is 0 Å². The number of para-hydroxylation sites is 2. The van der Waals surface area contributed by atoms with Crippen LogP contribution in [0.2, 0.25) is 0 Å². The van der Waals surface area contributed by atoms with Crippen LogP contribution in [0, 0.1) is 0 Å². The van der Waals surface area contributed by atoms with E-state index in [9.17, 15) is 0 Å². The number of aliphatic imine (C=N–C) groups is 1. The van der Waals surface area contributed by atoms with Gasteiger partial charge in [-0.1, -0.05) is 130 Å². The second-order valence-corrected chi connectivity index (χ2v) is 15.2. The van der Waals surface area contributed by atoms with E-state index in [-0.39, 0.29) is 5.41 Å². The number of nitrogens with zero attached hydrogens (tertiary/aromatic N) is 2. The first kappa shape index (κ1) is 29.9. The van der Waals surface area contributed by atoms with Gasteiger partial charge in [0.25, 0.3) is 0 Å². The van der Waals surface area contributed by atoms with Gasteiger partial charge in [-0.05, 0) is 114 Å². The summed E-state index contributed by atoms with van der Waals surface area (Å²) in [7, 11) is 0. The molecule has 0 N–H and O–H groups in total. The van der Waals surface area contributed by atoms with E-state index in [4.69, 9.17) is 0 Å². The smallest absolute Gasteiger partial charge is 0.0541 e. The van der Waals surface area contributed by atoms with Crippen LogP contribution in [0.5, 0.6) is 0 Å². The van der Waals surface area contributed by atoms with Crippen LogP contribution in [0.4, 0.5) is 0 Å². The Balaban J connectivity index is 1.25. The average Bonchev–Trinajstić information content (AvgIpc) is 3.50. The third kappa shape index (κ3) is 4.74. The van der Waals surface area contributed by atoms with Crippen molar-refractivity contribution in [3.63, 3.8) is 0 Å². The normalized spacial score (nSPS) is 14.9. The van der Waals surface area contributed by atoms with E-state index in [1.54, 1.807) is 0 Å². The van der Waals surface area contributed by atoms with E-state index >= 15 is 0 Å². The van der Waals surface area contributed by atoms with Crippen molar-refractivity contribution < 1.29 is 0 Å².